The second kappa shape index (κ2) is 8.57. The zero-order valence-corrected chi connectivity index (χ0v) is 17.5. The van der Waals surface area contributed by atoms with Gasteiger partial charge in [-0.3, -0.25) is 4.79 Å². The molecule has 1 aliphatic heterocycles. The summed E-state index contributed by atoms with van der Waals surface area (Å²) in [4.78, 5) is 18.9. The molecule has 1 fully saturated rings. The minimum Gasteiger partial charge on any atom is -0.481 e. The highest BCUT2D eigenvalue weighted by Crippen LogP contribution is 2.35. The summed E-state index contributed by atoms with van der Waals surface area (Å²) in [5, 5.41) is 5.17. The van der Waals surface area contributed by atoms with Crippen LogP contribution in [0.4, 0.5) is 0 Å². The van der Waals surface area contributed by atoms with Gasteiger partial charge in [0.25, 0.3) is 5.91 Å². The average molecular weight is 430 g/mol. The van der Waals surface area contributed by atoms with Crippen LogP contribution in [-0.2, 0) is 4.79 Å². The van der Waals surface area contributed by atoms with Crippen LogP contribution in [0.15, 0.2) is 48.5 Å². The molecular formula is C22H21Cl2N3O2. The van der Waals surface area contributed by atoms with Crippen LogP contribution in [0.2, 0.25) is 10.2 Å². The van der Waals surface area contributed by atoms with Crippen molar-refractivity contribution in [2.45, 2.75) is 13.0 Å². The molecule has 150 valence electrons. The van der Waals surface area contributed by atoms with Gasteiger partial charge >= 0.3 is 0 Å². The lowest BCUT2D eigenvalue weighted by Crippen LogP contribution is -2.50. The van der Waals surface area contributed by atoms with Crippen LogP contribution >= 0.6 is 23.2 Å². The summed E-state index contributed by atoms with van der Waals surface area (Å²) in [6, 6.07) is 15.0. The molecule has 1 saturated heterocycles. The molecule has 4 rings (SSSR count). The van der Waals surface area contributed by atoms with Crippen molar-refractivity contribution in [3.8, 4) is 16.9 Å². The standard InChI is InChI=1S/C22H21Cl2N3O2/c1-14(22(28)27-10-8-25-9-11-27)29-15-6-7-17-18(13-21(24)26-20(17)12-15)16-4-2-3-5-19(16)23/h2-7,12-14,25H,8-11H2,1H3/t14-/m1/s1. The van der Waals surface area contributed by atoms with E-state index in [0.29, 0.717) is 34.5 Å². The largest absolute Gasteiger partial charge is 0.481 e. The molecule has 0 radical (unpaired) electrons. The molecule has 0 spiro atoms. The first kappa shape index (κ1) is 20.0. The number of hydrogen-bond donors (Lipinski definition) is 1. The normalized spacial score (nSPS) is 15.3. The van der Waals surface area contributed by atoms with E-state index in [2.05, 4.69) is 10.3 Å². The van der Waals surface area contributed by atoms with E-state index in [1.165, 1.54) is 0 Å². The van der Waals surface area contributed by atoms with Gasteiger partial charge in [-0.1, -0.05) is 41.4 Å². The third-order valence-electron chi connectivity index (χ3n) is 5.00. The van der Waals surface area contributed by atoms with Gasteiger partial charge in [-0.15, -0.1) is 0 Å². The lowest BCUT2D eigenvalue weighted by molar-refractivity contribution is -0.138. The number of aromatic nitrogens is 1. The molecule has 3 aromatic rings. The van der Waals surface area contributed by atoms with Gasteiger partial charge in [0.2, 0.25) is 0 Å². The summed E-state index contributed by atoms with van der Waals surface area (Å²) in [7, 11) is 0. The molecule has 1 N–H and O–H groups in total. The fraction of sp³-hybridized carbons (Fsp3) is 0.273. The SMILES string of the molecule is C[C@@H](Oc1ccc2c(-c3ccccc3Cl)cc(Cl)nc2c1)C(=O)N1CCNCC1. The highest BCUT2D eigenvalue weighted by molar-refractivity contribution is 6.34. The number of pyridine rings is 1. The Kier molecular flexibility index (Phi) is 5.90. The minimum absolute atomic E-state index is 0.0117. The van der Waals surface area contributed by atoms with Gasteiger partial charge in [-0.25, -0.2) is 4.98 Å². The molecule has 0 bridgehead atoms. The van der Waals surface area contributed by atoms with E-state index >= 15 is 0 Å². The molecule has 7 heteroatoms. The van der Waals surface area contributed by atoms with Crippen molar-refractivity contribution in [1.29, 1.82) is 0 Å². The van der Waals surface area contributed by atoms with E-state index in [9.17, 15) is 4.79 Å². The molecule has 0 saturated carbocycles. The van der Waals surface area contributed by atoms with Gasteiger partial charge < -0.3 is 15.0 Å². The predicted octanol–water partition coefficient (Wildman–Crippen LogP) is 4.41. The maximum atomic E-state index is 12.6. The second-order valence-corrected chi connectivity index (χ2v) is 7.78. The molecular weight excluding hydrogens is 409 g/mol. The third kappa shape index (κ3) is 4.32. The first-order valence-corrected chi connectivity index (χ1v) is 10.3. The van der Waals surface area contributed by atoms with Crippen molar-refractivity contribution in [2.75, 3.05) is 26.2 Å². The van der Waals surface area contributed by atoms with Crippen LogP contribution < -0.4 is 10.1 Å². The number of halogens is 2. The molecule has 1 amide bonds. The monoisotopic (exact) mass is 429 g/mol. The molecule has 0 aliphatic carbocycles. The highest BCUT2D eigenvalue weighted by atomic mass is 35.5. The molecule has 1 aromatic heterocycles. The zero-order valence-electron chi connectivity index (χ0n) is 16.0. The van der Waals surface area contributed by atoms with E-state index < -0.39 is 6.10 Å². The smallest absolute Gasteiger partial charge is 0.263 e. The molecule has 2 heterocycles. The third-order valence-corrected chi connectivity index (χ3v) is 5.53. The summed E-state index contributed by atoms with van der Waals surface area (Å²) in [6.45, 7) is 4.78. The molecule has 2 aromatic carbocycles. The lowest BCUT2D eigenvalue weighted by atomic mass is 10.0. The Morgan fingerprint density at radius 3 is 2.62 bits per heavy atom. The number of rotatable bonds is 4. The number of amides is 1. The van der Waals surface area contributed by atoms with Crippen LogP contribution in [0.3, 0.4) is 0 Å². The Labute approximate surface area is 179 Å². The topological polar surface area (TPSA) is 54.5 Å². The number of benzene rings is 2. The Balaban J connectivity index is 1.63. The Hall–Kier alpha value is -2.34. The number of nitrogens with zero attached hydrogens (tertiary/aromatic N) is 2. The fourth-order valence-corrected chi connectivity index (χ4v) is 3.99. The molecule has 5 nitrogen and oxygen atoms in total. The Morgan fingerprint density at radius 1 is 1.10 bits per heavy atom. The quantitative estimate of drug-likeness (QED) is 0.624. The zero-order chi connectivity index (χ0) is 20.4. The van der Waals surface area contributed by atoms with E-state index in [4.69, 9.17) is 27.9 Å². The van der Waals surface area contributed by atoms with E-state index in [1.807, 2.05) is 53.4 Å². The fourth-order valence-electron chi connectivity index (χ4n) is 3.55. The van der Waals surface area contributed by atoms with Crippen molar-refractivity contribution < 1.29 is 9.53 Å². The lowest BCUT2D eigenvalue weighted by Gasteiger charge is -2.29. The number of ether oxygens (including phenoxy) is 1. The van der Waals surface area contributed by atoms with Crippen molar-refractivity contribution in [3.05, 3.63) is 58.7 Å². The van der Waals surface area contributed by atoms with Gasteiger partial charge in [0.05, 0.1) is 5.52 Å². The highest BCUT2D eigenvalue weighted by Gasteiger charge is 2.23. The van der Waals surface area contributed by atoms with Crippen LogP contribution in [0.1, 0.15) is 6.92 Å². The number of fused-ring (bicyclic) bond motifs is 1. The second-order valence-electron chi connectivity index (χ2n) is 6.99. The van der Waals surface area contributed by atoms with E-state index in [-0.39, 0.29) is 5.91 Å². The summed E-state index contributed by atoms with van der Waals surface area (Å²) in [5.41, 5.74) is 2.48. The molecule has 0 unspecified atom stereocenters. The number of carbonyl (C=O) groups is 1. The van der Waals surface area contributed by atoms with Gasteiger partial charge in [0, 0.05) is 48.2 Å². The van der Waals surface area contributed by atoms with Gasteiger partial charge in [0.1, 0.15) is 10.9 Å². The van der Waals surface area contributed by atoms with Crippen molar-refractivity contribution in [2.24, 2.45) is 0 Å². The number of hydrogen-bond acceptors (Lipinski definition) is 4. The van der Waals surface area contributed by atoms with Gasteiger partial charge in [-0.2, -0.15) is 0 Å². The average Bonchev–Trinajstić information content (AvgIpc) is 2.73. The van der Waals surface area contributed by atoms with Crippen molar-refractivity contribution in [3.63, 3.8) is 0 Å². The Morgan fingerprint density at radius 2 is 1.86 bits per heavy atom. The first-order valence-electron chi connectivity index (χ1n) is 9.54. The summed E-state index contributed by atoms with van der Waals surface area (Å²) in [6.07, 6.45) is -0.576. The van der Waals surface area contributed by atoms with E-state index in [0.717, 1.165) is 29.6 Å². The molecule has 29 heavy (non-hydrogen) atoms. The summed E-state index contributed by atoms with van der Waals surface area (Å²) >= 11 is 12.7. The number of carbonyl (C=O) groups excluding carboxylic acids is 1. The maximum Gasteiger partial charge on any atom is 0.263 e. The minimum atomic E-state index is -0.576. The number of nitrogens with one attached hydrogen (secondary N) is 1. The maximum absolute atomic E-state index is 12.6. The first-order chi connectivity index (χ1) is 14.0. The van der Waals surface area contributed by atoms with Crippen LogP contribution in [-0.4, -0.2) is 48.1 Å². The van der Waals surface area contributed by atoms with E-state index in [1.54, 1.807) is 6.92 Å². The summed E-state index contributed by atoms with van der Waals surface area (Å²) < 4.78 is 5.93. The van der Waals surface area contributed by atoms with Crippen LogP contribution in [0.5, 0.6) is 5.75 Å². The Bertz CT molecular complexity index is 1050. The molecule has 1 atom stereocenters. The van der Waals surface area contributed by atoms with Crippen molar-refractivity contribution in [1.82, 2.24) is 15.2 Å². The van der Waals surface area contributed by atoms with Gasteiger partial charge in [-0.05, 0) is 36.8 Å². The van der Waals surface area contributed by atoms with Crippen molar-refractivity contribution >= 4 is 40.0 Å². The predicted molar refractivity (Wildman–Crippen MR) is 117 cm³/mol. The molecule has 1 aliphatic rings. The van der Waals surface area contributed by atoms with Crippen LogP contribution in [0, 0.1) is 0 Å². The summed E-state index contributed by atoms with van der Waals surface area (Å²) in [5.74, 6) is 0.566. The van der Waals surface area contributed by atoms with Gasteiger partial charge in [0.15, 0.2) is 6.10 Å². The number of piperazine rings is 1. The van der Waals surface area contributed by atoms with Crippen LogP contribution in [0.25, 0.3) is 22.0 Å².